The van der Waals surface area contributed by atoms with Crippen LogP contribution in [0.2, 0.25) is 0 Å². The molecular weight excluding hydrogens is 392 g/mol. The maximum absolute atomic E-state index is 12.4. The van der Waals surface area contributed by atoms with Crippen molar-refractivity contribution in [1.29, 1.82) is 0 Å². The average molecular weight is 412 g/mol. The fourth-order valence-corrected chi connectivity index (χ4v) is 3.08. The zero-order chi connectivity index (χ0) is 20.8. The molecule has 0 aliphatic carbocycles. The van der Waals surface area contributed by atoms with Gasteiger partial charge in [-0.1, -0.05) is 11.8 Å². The Bertz CT molecular complexity index is 986. The molecule has 2 N–H and O–H groups in total. The first-order valence-electron chi connectivity index (χ1n) is 8.77. The largest absolute Gasteiger partial charge is 0.497 e. The summed E-state index contributed by atoms with van der Waals surface area (Å²) in [6.07, 6.45) is 0. The molecule has 8 nitrogen and oxygen atoms in total. The van der Waals surface area contributed by atoms with E-state index in [1.807, 2.05) is 12.1 Å². The van der Waals surface area contributed by atoms with Crippen LogP contribution in [0.15, 0.2) is 58.2 Å². The van der Waals surface area contributed by atoms with Crippen molar-refractivity contribution in [3.8, 4) is 17.2 Å². The van der Waals surface area contributed by atoms with Gasteiger partial charge in [-0.2, -0.15) is 0 Å². The topological polar surface area (TPSA) is 106 Å². The van der Waals surface area contributed by atoms with E-state index in [0.29, 0.717) is 22.5 Å². The Kier molecular flexibility index (Phi) is 6.50. The molecule has 0 saturated heterocycles. The quantitative estimate of drug-likeness (QED) is 0.568. The van der Waals surface area contributed by atoms with E-state index in [-0.39, 0.29) is 11.8 Å². The number of benzene rings is 2. The van der Waals surface area contributed by atoms with Gasteiger partial charge in [-0.15, -0.1) is 10.2 Å². The highest BCUT2D eigenvalue weighted by atomic mass is 32.2. The Hall–Kier alpha value is -3.33. The first-order chi connectivity index (χ1) is 13.9. The van der Waals surface area contributed by atoms with Gasteiger partial charge >= 0.3 is 0 Å². The lowest BCUT2D eigenvalue weighted by molar-refractivity contribution is -0.115. The highest BCUT2D eigenvalue weighted by molar-refractivity contribution is 8.00. The minimum absolute atomic E-state index is 0.152. The minimum atomic E-state index is -0.450. The lowest BCUT2D eigenvalue weighted by atomic mass is 10.2. The fourth-order valence-electron chi connectivity index (χ4n) is 2.40. The van der Waals surface area contributed by atoms with Crippen LogP contribution < -0.4 is 15.4 Å². The van der Waals surface area contributed by atoms with Gasteiger partial charge in [0.1, 0.15) is 5.75 Å². The van der Waals surface area contributed by atoms with E-state index in [1.165, 1.54) is 18.7 Å². The number of hydrogen-bond donors (Lipinski definition) is 2. The Morgan fingerprint density at radius 2 is 1.62 bits per heavy atom. The third-order valence-corrected chi connectivity index (χ3v) is 4.80. The summed E-state index contributed by atoms with van der Waals surface area (Å²) in [4.78, 5) is 23.5. The SMILES string of the molecule is COc1ccc(-c2nnc(S[C@@H](C)C(=O)Nc3ccc(NC(C)=O)cc3)o2)cc1. The molecule has 150 valence electrons. The zero-order valence-electron chi connectivity index (χ0n) is 16.1. The summed E-state index contributed by atoms with van der Waals surface area (Å²) in [6, 6.07) is 14.1. The highest BCUT2D eigenvalue weighted by Gasteiger charge is 2.19. The fraction of sp³-hybridized carbons (Fsp3) is 0.200. The Balaban J connectivity index is 1.58. The molecule has 0 unspecified atom stereocenters. The van der Waals surface area contributed by atoms with Gasteiger partial charge in [-0.3, -0.25) is 9.59 Å². The summed E-state index contributed by atoms with van der Waals surface area (Å²) in [5, 5.41) is 13.4. The number of hydrogen-bond acceptors (Lipinski definition) is 7. The van der Waals surface area contributed by atoms with Crippen LogP contribution in [0.3, 0.4) is 0 Å². The number of amides is 2. The lowest BCUT2D eigenvalue weighted by Gasteiger charge is -2.10. The summed E-state index contributed by atoms with van der Waals surface area (Å²) in [5.41, 5.74) is 2.05. The monoisotopic (exact) mass is 412 g/mol. The summed E-state index contributed by atoms with van der Waals surface area (Å²) in [5.74, 6) is 0.751. The van der Waals surface area contributed by atoms with E-state index in [2.05, 4.69) is 20.8 Å². The number of ether oxygens (including phenoxy) is 1. The number of thioether (sulfide) groups is 1. The van der Waals surface area contributed by atoms with Crippen LogP contribution in [0.1, 0.15) is 13.8 Å². The smallest absolute Gasteiger partial charge is 0.277 e. The molecule has 2 aromatic carbocycles. The van der Waals surface area contributed by atoms with E-state index < -0.39 is 5.25 Å². The number of methoxy groups -OCH3 is 1. The first-order valence-corrected chi connectivity index (χ1v) is 9.65. The molecule has 0 bridgehead atoms. The van der Waals surface area contributed by atoms with Gasteiger partial charge in [0.25, 0.3) is 5.22 Å². The second-order valence-corrected chi connectivity index (χ2v) is 7.40. The molecule has 0 fully saturated rings. The van der Waals surface area contributed by atoms with Gasteiger partial charge in [0.15, 0.2) is 0 Å². The number of anilines is 2. The average Bonchev–Trinajstić information content (AvgIpc) is 3.17. The van der Waals surface area contributed by atoms with Gasteiger partial charge < -0.3 is 19.8 Å². The van der Waals surface area contributed by atoms with Gasteiger partial charge in [-0.25, -0.2) is 0 Å². The van der Waals surface area contributed by atoms with Crippen molar-refractivity contribution in [3.05, 3.63) is 48.5 Å². The van der Waals surface area contributed by atoms with Crippen LogP contribution in [-0.4, -0.2) is 34.4 Å². The van der Waals surface area contributed by atoms with Crippen LogP contribution in [0, 0.1) is 0 Å². The normalized spacial score (nSPS) is 11.6. The molecule has 9 heteroatoms. The molecule has 0 aliphatic rings. The van der Waals surface area contributed by atoms with Crippen LogP contribution >= 0.6 is 11.8 Å². The number of nitrogens with zero attached hydrogens (tertiary/aromatic N) is 2. The van der Waals surface area contributed by atoms with Crippen molar-refractivity contribution in [2.24, 2.45) is 0 Å². The molecule has 1 atom stereocenters. The number of rotatable bonds is 7. The van der Waals surface area contributed by atoms with E-state index in [0.717, 1.165) is 11.3 Å². The molecular formula is C20H20N4O4S. The first kappa shape index (κ1) is 20.4. The second kappa shape index (κ2) is 9.24. The molecule has 1 aromatic heterocycles. The number of carbonyl (C=O) groups excluding carboxylic acids is 2. The van der Waals surface area contributed by atoms with Gasteiger partial charge in [0, 0.05) is 23.9 Å². The second-order valence-electron chi connectivity index (χ2n) is 6.11. The summed E-state index contributed by atoms with van der Waals surface area (Å²) in [7, 11) is 1.60. The van der Waals surface area contributed by atoms with Gasteiger partial charge in [0.05, 0.1) is 12.4 Å². The number of aromatic nitrogens is 2. The predicted molar refractivity (Wildman–Crippen MR) is 111 cm³/mol. The molecule has 2 amide bonds. The molecule has 0 saturated carbocycles. The van der Waals surface area contributed by atoms with Crippen molar-refractivity contribution in [2.45, 2.75) is 24.3 Å². The Morgan fingerprint density at radius 1 is 1.00 bits per heavy atom. The predicted octanol–water partition coefficient (Wildman–Crippen LogP) is 3.82. The molecule has 0 spiro atoms. The molecule has 3 aromatic rings. The Labute approximate surface area is 172 Å². The standard InChI is InChI=1S/C20H20N4O4S/c1-12(18(26)22-16-8-6-15(7-9-16)21-13(2)25)29-20-24-23-19(28-20)14-4-10-17(27-3)11-5-14/h4-12H,1-3H3,(H,21,25)(H,22,26)/t12-/m0/s1. The molecule has 3 rings (SSSR count). The molecule has 1 heterocycles. The summed E-state index contributed by atoms with van der Waals surface area (Å²) < 4.78 is 10.8. The third-order valence-electron chi connectivity index (χ3n) is 3.86. The van der Waals surface area contributed by atoms with E-state index in [1.54, 1.807) is 50.4 Å². The van der Waals surface area contributed by atoms with Crippen molar-refractivity contribution < 1.29 is 18.7 Å². The zero-order valence-corrected chi connectivity index (χ0v) is 16.9. The van der Waals surface area contributed by atoms with E-state index in [4.69, 9.17) is 9.15 Å². The Morgan fingerprint density at radius 3 is 2.21 bits per heavy atom. The van der Waals surface area contributed by atoms with Crippen molar-refractivity contribution in [1.82, 2.24) is 10.2 Å². The van der Waals surface area contributed by atoms with Gasteiger partial charge in [-0.05, 0) is 55.5 Å². The lowest BCUT2D eigenvalue weighted by Crippen LogP contribution is -2.22. The maximum atomic E-state index is 12.4. The molecule has 0 radical (unpaired) electrons. The van der Waals surface area contributed by atoms with Crippen molar-refractivity contribution in [2.75, 3.05) is 17.7 Å². The van der Waals surface area contributed by atoms with E-state index in [9.17, 15) is 9.59 Å². The van der Waals surface area contributed by atoms with Crippen molar-refractivity contribution in [3.63, 3.8) is 0 Å². The maximum Gasteiger partial charge on any atom is 0.277 e. The molecule has 29 heavy (non-hydrogen) atoms. The van der Waals surface area contributed by atoms with Gasteiger partial charge in [0.2, 0.25) is 17.7 Å². The van der Waals surface area contributed by atoms with Crippen LogP contribution in [0.25, 0.3) is 11.5 Å². The van der Waals surface area contributed by atoms with Crippen LogP contribution in [0.4, 0.5) is 11.4 Å². The van der Waals surface area contributed by atoms with Crippen molar-refractivity contribution >= 4 is 35.0 Å². The van der Waals surface area contributed by atoms with E-state index >= 15 is 0 Å². The third kappa shape index (κ3) is 5.58. The molecule has 0 aliphatic heterocycles. The minimum Gasteiger partial charge on any atom is -0.497 e. The number of carbonyl (C=O) groups is 2. The summed E-state index contributed by atoms with van der Waals surface area (Å²) >= 11 is 1.17. The highest BCUT2D eigenvalue weighted by Crippen LogP contribution is 2.27. The van der Waals surface area contributed by atoms with Crippen LogP contribution in [-0.2, 0) is 9.59 Å². The number of nitrogens with one attached hydrogen (secondary N) is 2. The summed E-state index contributed by atoms with van der Waals surface area (Å²) in [6.45, 7) is 3.19. The van der Waals surface area contributed by atoms with Crippen LogP contribution in [0.5, 0.6) is 5.75 Å².